The van der Waals surface area contributed by atoms with Gasteiger partial charge in [-0.1, -0.05) is 18.2 Å². The summed E-state index contributed by atoms with van der Waals surface area (Å²) in [5.41, 5.74) is -0.230. The molecule has 3 N–H and O–H groups in total. The lowest BCUT2D eigenvalue weighted by Crippen LogP contribution is -2.42. The number of aliphatic hydroxyl groups excluding tert-OH is 1. The van der Waals surface area contributed by atoms with Crippen molar-refractivity contribution in [2.24, 2.45) is 5.41 Å². The summed E-state index contributed by atoms with van der Waals surface area (Å²) in [6.07, 6.45) is -0.252. The van der Waals surface area contributed by atoms with E-state index in [2.05, 4.69) is 10.6 Å². The minimum absolute atomic E-state index is 0.0232. The second-order valence-electron chi connectivity index (χ2n) is 5.23. The summed E-state index contributed by atoms with van der Waals surface area (Å²) < 4.78 is 13.5. The first-order chi connectivity index (χ1) is 9.03. The molecule has 0 radical (unpaired) electrons. The van der Waals surface area contributed by atoms with Gasteiger partial charge in [0.05, 0.1) is 11.5 Å². The number of aliphatic hydroxyl groups is 1. The van der Waals surface area contributed by atoms with E-state index in [1.165, 1.54) is 12.1 Å². The van der Waals surface area contributed by atoms with Crippen molar-refractivity contribution in [3.8, 4) is 0 Å². The van der Waals surface area contributed by atoms with Crippen LogP contribution in [0.2, 0.25) is 0 Å². The van der Waals surface area contributed by atoms with Gasteiger partial charge in [0.1, 0.15) is 5.82 Å². The van der Waals surface area contributed by atoms with Crippen molar-refractivity contribution in [3.63, 3.8) is 0 Å². The Labute approximate surface area is 112 Å². The Morgan fingerprint density at radius 2 is 2.32 bits per heavy atom. The number of carbonyl (C=O) groups is 1. The van der Waals surface area contributed by atoms with Crippen LogP contribution in [0.15, 0.2) is 24.3 Å². The molecule has 0 bridgehead atoms. The lowest BCUT2D eigenvalue weighted by molar-refractivity contribution is -0.129. The number of benzene rings is 1. The maximum Gasteiger partial charge on any atom is 0.227 e. The zero-order valence-electron chi connectivity index (χ0n) is 10.9. The van der Waals surface area contributed by atoms with E-state index in [0.717, 1.165) is 13.0 Å². The summed E-state index contributed by atoms with van der Waals surface area (Å²) in [6.45, 7) is 3.36. The average Bonchev–Trinajstić information content (AvgIpc) is 2.84. The van der Waals surface area contributed by atoms with Crippen LogP contribution in [0.5, 0.6) is 0 Å². The smallest absolute Gasteiger partial charge is 0.227 e. The zero-order valence-corrected chi connectivity index (χ0v) is 10.9. The predicted molar refractivity (Wildman–Crippen MR) is 70.0 cm³/mol. The number of hydrogen-bond donors (Lipinski definition) is 3. The SMILES string of the molecule is C[C@@]1(C(=O)NC[C@H](O)c2ccccc2F)CCNC1. The molecule has 0 saturated carbocycles. The van der Waals surface area contributed by atoms with Crippen molar-refractivity contribution in [1.29, 1.82) is 0 Å². The summed E-state index contributed by atoms with van der Waals surface area (Å²) >= 11 is 0. The highest BCUT2D eigenvalue weighted by molar-refractivity contribution is 5.82. The van der Waals surface area contributed by atoms with Crippen LogP contribution in [-0.4, -0.2) is 30.6 Å². The quantitative estimate of drug-likeness (QED) is 0.761. The van der Waals surface area contributed by atoms with Gasteiger partial charge in [-0.15, -0.1) is 0 Å². The first kappa shape index (κ1) is 14.0. The van der Waals surface area contributed by atoms with E-state index in [1.54, 1.807) is 12.1 Å². The van der Waals surface area contributed by atoms with Crippen LogP contribution in [0.3, 0.4) is 0 Å². The first-order valence-corrected chi connectivity index (χ1v) is 6.44. The predicted octanol–water partition coefficient (Wildman–Crippen LogP) is 0.975. The van der Waals surface area contributed by atoms with Gasteiger partial charge in [0.25, 0.3) is 0 Å². The molecule has 104 valence electrons. The molecule has 19 heavy (non-hydrogen) atoms. The summed E-state index contributed by atoms with van der Waals surface area (Å²) in [7, 11) is 0. The van der Waals surface area contributed by atoms with Crippen LogP contribution in [0, 0.1) is 11.2 Å². The minimum atomic E-state index is -1.02. The Bertz CT molecular complexity index is 459. The molecule has 0 aromatic heterocycles. The molecule has 1 aromatic carbocycles. The molecule has 0 spiro atoms. The maximum absolute atomic E-state index is 13.5. The summed E-state index contributed by atoms with van der Waals surface area (Å²) in [4.78, 5) is 12.0. The number of carbonyl (C=O) groups excluding carboxylic acids is 1. The highest BCUT2D eigenvalue weighted by Gasteiger charge is 2.36. The standard InChI is InChI=1S/C14H19FN2O2/c1-14(6-7-16-9-14)13(19)17-8-12(18)10-4-2-3-5-11(10)15/h2-5,12,16,18H,6-9H2,1H3,(H,17,19)/t12-,14+/m0/s1. The van der Waals surface area contributed by atoms with E-state index in [1.807, 2.05) is 6.92 Å². The second kappa shape index (κ2) is 5.67. The number of rotatable bonds is 4. The number of nitrogens with one attached hydrogen (secondary N) is 2. The van der Waals surface area contributed by atoms with Crippen molar-refractivity contribution >= 4 is 5.91 Å². The molecular formula is C14H19FN2O2. The van der Waals surface area contributed by atoms with Gasteiger partial charge in [0, 0.05) is 18.7 Å². The first-order valence-electron chi connectivity index (χ1n) is 6.44. The van der Waals surface area contributed by atoms with Crippen molar-refractivity contribution < 1.29 is 14.3 Å². The average molecular weight is 266 g/mol. The zero-order chi connectivity index (χ0) is 13.9. The minimum Gasteiger partial charge on any atom is -0.386 e. The third-order valence-electron chi connectivity index (χ3n) is 3.64. The largest absolute Gasteiger partial charge is 0.386 e. The van der Waals surface area contributed by atoms with Gasteiger partial charge in [-0.3, -0.25) is 4.79 Å². The number of amides is 1. The van der Waals surface area contributed by atoms with Crippen molar-refractivity contribution in [2.75, 3.05) is 19.6 Å². The Balaban J connectivity index is 1.92. The summed E-state index contributed by atoms with van der Waals surface area (Å²) in [6, 6.07) is 6.04. The highest BCUT2D eigenvalue weighted by Crippen LogP contribution is 2.24. The molecule has 1 heterocycles. The Kier molecular flexibility index (Phi) is 4.17. The molecule has 4 nitrogen and oxygen atoms in total. The monoisotopic (exact) mass is 266 g/mol. The number of hydrogen-bond acceptors (Lipinski definition) is 3. The summed E-state index contributed by atoms with van der Waals surface area (Å²) in [5, 5.41) is 15.7. The molecule has 0 aliphatic carbocycles. The third kappa shape index (κ3) is 3.11. The van der Waals surface area contributed by atoms with Gasteiger partial charge < -0.3 is 15.7 Å². The normalized spacial score (nSPS) is 24.2. The van der Waals surface area contributed by atoms with E-state index in [4.69, 9.17) is 0 Å². The van der Waals surface area contributed by atoms with Gasteiger partial charge in [0.2, 0.25) is 5.91 Å². The molecule has 1 saturated heterocycles. The van der Waals surface area contributed by atoms with Gasteiger partial charge in [-0.2, -0.15) is 0 Å². The summed E-state index contributed by atoms with van der Waals surface area (Å²) in [5.74, 6) is -0.564. The molecule has 0 unspecified atom stereocenters. The van der Waals surface area contributed by atoms with E-state index >= 15 is 0 Å². The Hall–Kier alpha value is -1.46. The molecular weight excluding hydrogens is 247 g/mol. The fourth-order valence-electron chi connectivity index (χ4n) is 2.27. The maximum atomic E-state index is 13.5. The van der Waals surface area contributed by atoms with Gasteiger partial charge in [-0.05, 0) is 26.0 Å². The molecule has 1 aliphatic heterocycles. The highest BCUT2D eigenvalue weighted by atomic mass is 19.1. The molecule has 2 rings (SSSR count). The lowest BCUT2D eigenvalue weighted by Gasteiger charge is -2.22. The van der Waals surface area contributed by atoms with E-state index in [-0.39, 0.29) is 18.0 Å². The fraction of sp³-hybridized carbons (Fsp3) is 0.500. The van der Waals surface area contributed by atoms with Gasteiger partial charge in [0.15, 0.2) is 0 Å². The molecule has 1 aliphatic rings. The lowest BCUT2D eigenvalue weighted by atomic mass is 9.89. The van der Waals surface area contributed by atoms with Gasteiger partial charge in [-0.25, -0.2) is 4.39 Å². The second-order valence-corrected chi connectivity index (χ2v) is 5.23. The topological polar surface area (TPSA) is 61.4 Å². The fourth-order valence-corrected chi connectivity index (χ4v) is 2.27. The van der Waals surface area contributed by atoms with Crippen LogP contribution >= 0.6 is 0 Å². The number of halogens is 1. The van der Waals surface area contributed by atoms with Gasteiger partial charge >= 0.3 is 0 Å². The van der Waals surface area contributed by atoms with Crippen molar-refractivity contribution in [2.45, 2.75) is 19.4 Å². The molecule has 2 atom stereocenters. The van der Waals surface area contributed by atoms with Crippen molar-refractivity contribution in [3.05, 3.63) is 35.6 Å². The van der Waals surface area contributed by atoms with Crippen LogP contribution in [-0.2, 0) is 4.79 Å². The molecule has 5 heteroatoms. The van der Waals surface area contributed by atoms with E-state index in [0.29, 0.717) is 6.54 Å². The molecule has 1 fully saturated rings. The van der Waals surface area contributed by atoms with Crippen LogP contribution in [0.1, 0.15) is 25.0 Å². The van der Waals surface area contributed by atoms with Crippen LogP contribution in [0.4, 0.5) is 4.39 Å². The molecule has 1 amide bonds. The Morgan fingerprint density at radius 1 is 1.58 bits per heavy atom. The van der Waals surface area contributed by atoms with Crippen molar-refractivity contribution in [1.82, 2.24) is 10.6 Å². The van der Waals surface area contributed by atoms with Crippen LogP contribution in [0.25, 0.3) is 0 Å². The van der Waals surface area contributed by atoms with Crippen LogP contribution < -0.4 is 10.6 Å². The Morgan fingerprint density at radius 3 is 2.95 bits per heavy atom. The molecule has 1 aromatic rings. The van der Waals surface area contributed by atoms with E-state index in [9.17, 15) is 14.3 Å². The third-order valence-corrected chi connectivity index (χ3v) is 3.64. The van der Waals surface area contributed by atoms with E-state index < -0.39 is 17.3 Å².